The predicted octanol–water partition coefficient (Wildman–Crippen LogP) is 3.11. The van der Waals surface area contributed by atoms with Gasteiger partial charge in [0.25, 0.3) is 0 Å². The molecule has 1 saturated carbocycles. The van der Waals surface area contributed by atoms with E-state index in [1.54, 1.807) is 12.1 Å². The summed E-state index contributed by atoms with van der Waals surface area (Å²) in [5.41, 5.74) is 1.01. The Labute approximate surface area is 117 Å². The number of nitrogens with zero attached hydrogens (tertiary/aromatic N) is 2. The highest BCUT2D eigenvalue weighted by atomic mass is 19.1. The summed E-state index contributed by atoms with van der Waals surface area (Å²) in [5.74, 6) is 2.16. The minimum absolute atomic E-state index is 0.220. The molecule has 4 nitrogen and oxygen atoms in total. The first-order chi connectivity index (χ1) is 9.69. The van der Waals surface area contributed by atoms with Gasteiger partial charge in [-0.1, -0.05) is 12.1 Å². The van der Waals surface area contributed by atoms with Crippen LogP contribution in [0.4, 0.5) is 16.0 Å². The molecule has 0 saturated heterocycles. The molecule has 1 aromatic heterocycles. The predicted molar refractivity (Wildman–Crippen MR) is 77.1 cm³/mol. The molecule has 1 aromatic carbocycles. The van der Waals surface area contributed by atoms with Gasteiger partial charge in [0, 0.05) is 18.7 Å². The molecule has 3 rings (SSSR count). The Bertz CT molecular complexity index is 593. The van der Waals surface area contributed by atoms with Crippen LogP contribution in [0.1, 0.15) is 24.2 Å². The summed E-state index contributed by atoms with van der Waals surface area (Å²) < 4.78 is 12.8. The number of aryl methyl sites for hydroxylation is 1. The second-order valence-electron chi connectivity index (χ2n) is 5.08. The van der Waals surface area contributed by atoms with Gasteiger partial charge >= 0.3 is 0 Å². The van der Waals surface area contributed by atoms with E-state index in [1.807, 2.05) is 13.0 Å². The molecular weight excluding hydrogens is 255 g/mol. The van der Waals surface area contributed by atoms with Crippen molar-refractivity contribution < 1.29 is 4.39 Å². The van der Waals surface area contributed by atoms with Crippen LogP contribution in [0.15, 0.2) is 30.3 Å². The van der Waals surface area contributed by atoms with E-state index >= 15 is 0 Å². The topological polar surface area (TPSA) is 49.8 Å². The fourth-order valence-electron chi connectivity index (χ4n) is 1.96. The van der Waals surface area contributed by atoms with E-state index in [0.717, 1.165) is 23.0 Å². The maximum absolute atomic E-state index is 12.8. The molecule has 0 unspecified atom stereocenters. The number of hydrogen-bond acceptors (Lipinski definition) is 4. The van der Waals surface area contributed by atoms with Gasteiger partial charge in [0.05, 0.1) is 0 Å². The van der Waals surface area contributed by atoms with E-state index in [9.17, 15) is 4.39 Å². The number of aromatic nitrogens is 2. The first kappa shape index (κ1) is 12.8. The highest BCUT2D eigenvalue weighted by Crippen LogP contribution is 2.24. The molecule has 1 aliphatic carbocycles. The number of nitrogens with one attached hydrogen (secondary N) is 2. The average molecular weight is 272 g/mol. The summed E-state index contributed by atoms with van der Waals surface area (Å²) in [7, 11) is 0. The molecule has 20 heavy (non-hydrogen) atoms. The monoisotopic (exact) mass is 272 g/mol. The molecule has 5 heteroatoms. The van der Waals surface area contributed by atoms with Crippen LogP contribution in [0.25, 0.3) is 0 Å². The zero-order chi connectivity index (χ0) is 13.9. The van der Waals surface area contributed by atoms with Crippen molar-refractivity contribution >= 4 is 11.6 Å². The van der Waals surface area contributed by atoms with Gasteiger partial charge in [-0.05, 0) is 37.5 Å². The Morgan fingerprint density at radius 2 is 1.85 bits per heavy atom. The average Bonchev–Trinajstić information content (AvgIpc) is 3.21. The molecule has 0 bridgehead atoms. The lowest BCUT2D eigenvalue weighted by Crippen LogP contribution is -2.08. The summed E-state index contributed by atoms with van der Waals surface area (Å²) >= 11 is 0. The van der Waals surface area contributed by atoms with E-state index in [2.05, 4.69) is 20.6 Å². The second kappa shape index (κ2) is 5.45. The van der Waals surface area contributed by atoms with Crippen LogP contribution in [0.3, 0.4) is 0 Å². The highest BCUT2D eigenvalue weighted by molar-refractivity contribution is 5.48. The quantitative estimate of drug-likeness (QED) is 0.878. The first-order valence-electron chi connectivity index (χ1n) is 6.79. The number of benzene rings is 1. The van der Waals surface area contributed by atoms with Gasteiger partial charge < -0.3 is 10.6 Å². The van der Waals surface area contributed by atoms with Crippen molar-refractivity contribution in [3.63, 3.8) is 0 Å². The summed E-state index contributed by atoms with van der Waals surface area (Å²) in [6.45, 7) is 2.49. The van der Waals surface area contributed by atoms with E-state index in [0.29, 0.717) is 12.6 Å². The summed E-state index contributed by atoms with van der Waals surface area (Å²) in [6.07, 6.45) is 2.42. The van der Waals surface area contributed by atoms with E-state index in [4.69, 9.17) is 0 Å². The first-order valence-corrected chi connectivity index (χ1v) is 6.79. The lowest BCUT2D eigenvalue weighted by molar-refractivity contribution is 0.627. The molecule has 1 aliphatic rings. The second-order valence-corrected chi connectivity index (χ2v) is 5.08. The van der Waals surface area contributed by atoms with Crippen LogP contribution in [0.2, 0.25) is 0 Å². The fraction of sp³-hybridized carbons (Fsp3) is 0.333. The normalized spacial score (nSPS) is 14.1. The van der Waals surface area contributed by atoms with Gasteiger partial charge in [-0.25, -0.2) is 14.4 Å². The molecule has 1 heterocycles. The van der Waals surface area contributed by atoms with Crippen molar-refractivity contribution in [1.29, 1.82) is 0 Å². The standard InChI is InChI=1S/C15H17FN4/c1-10-18-14(8-15(19-10)20-13-6-7-13)17-9-11-2-4-12(16)5-3-11/h2-5,8,13H,6-7,9H2,1H3,(H2,17,18,19,20). The Morgan fingerprint density at radius 3 is 2.55 bits per heavy atom. The van der Waals surface area contributed by atoms with Crippen LogP contribution in [-0.2, 0) is 6.54 Å². The van der Waals surface area contributed by atoms with Gasteiger partial charge in [-0.3, -0.25) is 0 Å². The summed E-state index contributed by atoms with van der Waals surface area (Å²) in [5, 5.41) is 6.60. The van der Waals surface area contributed by atoms with Crippen LogP contribution >= 0.6 is 0 Å². The zero-order valence-electron chi connectivity index (χ0n) is 11.4. The smallest absolute Gasteiger partial charge is 0.132 e. The van der Waals surface area contributed by atoms with E-state index < -0.39 is 0 Å². The lowest BCUT2D eigenvalue weighted by Gasteiger charge is -2.09. The van der Waals surface area contributed by atoms with E-state index in [-0.39, 0.29) is 5.82 Å². The van der Waals surface area contributed by atoms with Crippen LogP contribution in [0, 0.1) is 12.7 Å². The summed E-state index contributed by atoms with van der Waals surface area (Å²) in [6, 6.07) is 8.92. The summed E-state index contributed by atoms with van der Waals surface area (Å²) in [4.78, 5) is 8.73. The number of halogens is 1. The van der Waals surface area contributed by atoms with Crippen LogP contribution in [0.5, 0.6) is 0 Å². The van der Waals surface area contributed by atoms with Gasteiger partial charge in [-0.15, -0.1) is 0 Å². The van der Waals surface area contributed by atoms with Crippen LogP contribution < -0.4 is 10.6 Å². The SMILES string of the molecule is Cc1nc(NCc2ccc(F)cc2)cc(NC2CC2)n1. The lowest BCUT2D eigenvalue weighted by atomic mass is 10.2. The largest absolute Gasteiger partial charge is 0.367 e. The van der Waals surface area contributed by atoms with Crippen LogP contribution in [-0.4, -0.2) is 16.0 Å². The minimum Gasteiger partial charge on any atom is -0.367 e. The minimum atomic E-state index is -0.220. The number of anilines is 2. The van der Waals surface area contributed by atoms with Gasteiger partial charge in [0.1, 0.15) is 23.3 Å². The van der Waals surface area contributed by atoms with Crippen molar-refractivity contribution in [1.82, 2.24) is 9.97 Å². The Balaban J connectivity index is 1.66. The number of hydrogen-bond donors (Lipinski definition) is 2. The number of rotatable bonds is 5. The molecule has 0 spiro atoms. The van der Waals surface area contributed by atoms with Gasteiger partial charge in [0.2, 0.25) is 0 Å². The third-order valence-electron chi connectivity index (χ3n) is 3.15. The fourth-order valence-corrected chi connectivity index (χ4v) is 1.96. The van der Waals surface area contributed by atoms with Crippen molar-refractivity contribution in [2.75, 3.05) is 10.6 Å². The molecule has 2 aromatic rings. The van der Waals surface area contributed by atoms with Crippen molar-refractivity contribution in [2.24, 2.45) is 0 Å². The van der Waals surface area contributed by atoms with Gasteiger partial charge in [-0.2, -0.15) is 0 Å². The molecule has 104 valence electrons. The molecule has 0 aliphatic heterocycles. The zero-order valence-corrected chi connectivity index (χ0v) is 11.4. The van der Waals surface area contributed by atoms with E-state index in [1.165, 1.54) is 25.0 Å². The van der Waals surface area contributed by atoms with Gasteiger partial charge in [0.15, 0.2) is 0 Å². The van der Waals surface area contributed by atoms with Crippen molar-refractivity contribution in [3.05, 3.63) is 47.5 Å². The molecular formula is C15H17FN4. The Kier molecular flexibility index (Phi) is 3.50. The third-order valence-corrected chi connectivity index (χ3v) is 3.15. The van der Waals surface area contributed by atoms with Crippen molar-refractivity contribution in [2.45, 2.75) is 32.4 Å². The maximum atomic E-state index is 12.8. The molecule has 0 radical (unpaired) electrons. The highest BCUT2D eigenvalue weighted by Gasteiger charge is 2.21. The molecule has 0 amide bonds. The molecule has 2 N–H and O–H groups in total. The Morgan fingerprint density at radius 1 is 1.15 bits per heavy atom. The maximum Gasteiger partial charge on any atom is 0.132 e. The molecule has 1 fully saturated rings. The van der Waals surface area contributed by atoms with Crippen molar-refractivity contribution in [3.8, 4) is 0 Å². The molecule has 0 atom stereocenters. The third kappa shape index (κ3) is 3.44. The Hall–Kier alpha value is -2.17.